The summed E-state index contributed by atoms with van der Waals surface area (Å²) in [6, 6.07) is 12.3. The second-order valence-corrected chi connectivity index (χ2v) is 6.00. The van der Waals surface area contributed by atoms with E-state index in [1.54, 1.807) is 17.6 Å². The van der Waals surface area contributed by atoms with Crippen LogP contribution in [0.2, 0.25) is 0 Å². The van der Waals surface area contributed by atoms with E-state index < -0.39 is 0 Å². The van der Waals surface area contributed by atoms with Crippen molar-refractivity contribution in [2.75, 3.05) is 0 Å². The van der Waals surface area contributed by atoms with Crippen LogP contribution in [0.15, 0.2) is 52.6 Å². The molecule has 2 nitrogen and oxygen atoms in total. The van der Waals surface area contributed by atoms with Crippen LogP contribution in [0.4, 0.5) is 0 Å². The Labute approximate surface area is 128 Å². The van der Waals surface area contributed by atoms with Crippen LogP contribution in [-0.2, 0) is 0 Å². The van der Waals surface area contributed by atoms with Gasteiger partial charge in [0.2, 0.25) is 0 Å². The fourth-order valence-electron chi connectivity index (χ4n) is 2.48. The van der Waals surface area contributed by atoms with Gasteiger partial charge in [-0.25, -0.2) is 4.98 Å². The van der Waals surface area contributed by atoms with Gasteiger partial charge >= 0.3 is 0 Å². The lowest BCUT2D eigenvalue weighted by Crippen LogP contribution is -1.73. The smallest absolute Gasteiger partial charge is 0.134 e. The predicted molar refractivity (Wildman–Crippen MR) is 90.0 cm³/mol. The highest BCUT2D eigenvalue weighted by molar-refractivity contribution is 7.16. The SMILES string of the molecule is Cc1cccc2ncsc12.Cc1cccc2occ(C)c12. The van der Waals surface area contributed by atoms with E-state index in [2.05, 4.69) is 37.9 Å². The van der Waals surface area contributed by atoms with Crippen molar-refractivity contribution < 1.29 is 4.42 Å². The largest absolute Gasteiger partial charge is 0.464 e. The van der Waals surface area contributed by atoms with Crippen LogP contribution in [-0.4, -0.2) is 4.98 Å². The van der Waals surface area contributed by atoms with Crippen molar-refractivity contribution in [3.05, 3.63) is 64.9 Å². The molecule has 0 N–H and O–H groups in total. The van der Waals surface area contributed by atoms with Gasteiger partial charge in [0.1, 0.15) is 5.58 Å². The van der Waals surface area contributed by atoms with Crippen LogP contribution in [0.1, 0.15) is 16.7 Å². The predicted octanol–water partition coefficient (Wildman–Crippen LogP) is 5.65. The summed E-state index contributed by atoms with van der Waals surface area (Å²) in [6.07, 6.45) is 1.80. The maximum atomic E-state index is 5.33. The molecule has 2 heterocycles. The van der Waals surface area contributed by atoms with Crippen molar-refractivity contribution >= 4 is 32.5 Å². The van der Waals surface area contributed by atoms with Crippen molar-refractivity contribution in [3.8, 4) is 0 Å². The fraction of sp³-hybridized carbons (Fsp3) is 0.167. The van der Waals surface area contributed by atoms with E-state index >= 15 is 0 Å². The summed E-state index contributed by atoms with van der Waals surface area (Å²) >= 11 is 1.70. The number of rotatable bonds is 0. The standard InChI is InChI=1S/C10H10O.C8H7NS/c1-7-4-3-5-9-10(7)8(2)6-11-9;1-6-3-2-4-7-8(6)10-5-9-7/h3-6H,1-2H3;2-5H,1H3. The van der Waals surface area contributed by atoms with Gasteiger partial charge in [0.15, 0.2) is 0 Å². The Morgan fingerprint density at radius 1 is 0.905 bits per heavy atom. The normalized spacial score (nSPS) is 10.6. The Morgan fingerprint density at radius 3 is 2.43 bits per heavy atom. The summed E-state index contributed by atoms with van der Waals surface area (Å²) in [6.45, 7) is 6.28. The molecule has 0 radical (unpaired) electrons. The van der Waals surface area contributed by atoms with Gasteiger partial charge < -0.3 is 4.42 Å². The molecule has 0 saturated carbocycles. The molecule has 106 valence electrons. The molecule has 4 rings (SSSR count). The summed E-state index contributed by atoms with van der Waals surface area (Å²) < 4.78 is 6.64. The van der Waals surface area contributed by atoms with Crippen LogP contribution in [0.3, 0.4) is 0 Å². The van der Waals surface area contributed by atoms with Crippen LogP contribution in [0, 0.1) is 20.8 Å². The first-order valence-corrected chi connectivity index (χ1v) is 7.77. The topological polar surface area (TPSA) is 26.0 Å². The molecule has 21 heavy (non-hydrogen) atoms. The van der Waals surface area contributed by atoms with E-state index in [1.165, 1.54) is 26.8 Å². The Hall–Kier alpha value is -2.13. The summed E-state index contributed by atoms with van der Waals surface area (Å²) in [5.74, 6) is 0. The molecule has 2 aromatic heterocycles. The second-order valence-electron chi connectivity index (χ2n) is 5.14. The van der Waals surface area contributed by atoms with E-state index in [-0.39, 0.29) is 0 Å². The second kappa shape index (κ2) is 5.70. The fourth-order valence-corrected chi connectivity index (χ4v) is 3.25. The highest BCUT2D eigenvalue weighted by Crippen LogP contribution is 2.23. The Balaban J connectivity index is 0.000000126. The van der Waals surface area contributed by atoms with E-state index in [0.717, 1.165) is 11.1 Å². The van der Waals surface area contributed by atoms with Crippen LogP contribution >= 0.6 is 11.3 Å². The first kappa shape index (κ1) is 13.8. The zero-order valence-corrected chi connectivity index (χ0v) is 13.2. The molecule has 0 aliphatic heterocycles. The first-order chi connectivity index (χ1) is 10.2. The number of furan rings is 1. The number of hydrogen-bond acceptors (Lipinski definition) is 3. The molecular weight excluding hydrogens is 278 g/mol. The Kier molecular flexibility index (Phi) is 3.76. The molecule has 0 atom stereocenters. The minimum absolute atomic E-state index is 0.988. The molecule has 0 bridgehead atoms. The van der Waals surface area contributed by atoms with Crippen LogP contribution in [0.5, 0.6) is 0 Å². The molecule has 0 aliphatic rings. The number of hydrogen-bond donors (Lipinski definition) is 0. The Morgan fingerprint density at radius 2 is 1.67 bits per heavy atom. The zero-order valence-electron chi connectivity index (χ0n) is 12.4. The van der Waals surface area contributed by atoms with Crippen molar-refractivity contribution in [2.45, 2.75) is 20.8 Å². The average molecular weight is 295 g/mol. The van der Waals surface area contributed by atoms with E-state index in [9.17, 15) is 0 Å². The van der Waals surface area contributed by atoms with Crippen LogP contribution < -0.4 is 0 Å². The van der Waals surface area contributed by atoms with Gasteiger partial charge in [0.25, 0.3) is 0 Å². The highest BCUT2D eigenvalue weighted by Gasteiger charge is 2.02. The highest BCUT2D eigenvalue weighted by atomic mass is 32.1. The molecule has 3 heteroatoms. The van der Waals surface area contributed by atoms with E-state index in [1.807, 2.05) is 29.8 Å². The average Bonchev–Trinajstić information content (AvgIpc) is 3.08. The Bertz CT molecular complexity index is 888. The lowest BCUT2D eigenvalue weighted by molar-refractivity contribution is 0.613. The summed E-state index contributed by atoms with van der Waals surface area (Å²) in [5, 5.41) is 1.26. The van der Waals surface area contributed by atoms with Gasteiger partial charge in [-0.3, -0.25) is 0 Å². The number of benzene rings is 2. The van der Waals surface area contributed by atoms with Gasteiger partial charge in [-0.15, -0.1) is 11.3 Å². The molecule has 0 spiro atoms. The van der Waals surface area contributed by atoms with Crippen molar-refractivity contribution in [1.82, 2.24) is 4.98 Å². The van der Waals surface area contributed by atoms with E-state index in [4.69, 9.17) is 4.42 Å². The monoisotopic (exact) mass is 295 g/mol. The zero-order chi connectivity index (χ0) is 14.8. The number of nitrogens with zero attached hydrogens (tertiary/aromatic N) is 1. The van der Waals surface area contributed by atoms with Crippen molar-refractivity contribution in [1.29, 1.82) is 0 Å². The lowest BCUT2D eigenvalue weighted by Gasteiger charge is -1.93. The van der Waals surface area contributed by atoms with Crippen LogP contribution in [0.25, 0.3) is 21.2 Å². The quantitative estimate of drug-likeness (QED) is 0.418. The minimum Gasteiger partial charge on any atom is -0.464 e. The molecule has 0 saturated heterocycles. The maximum Gasteiger partial charge on any atom is 0.134 e. The molecule has 4 aromatic rings. The van der Waals surface area contributed by atoms with Gasteiger partial charge in [0, 0.05) is 5.39 Å². The first-order valence-electron chi connectivity index (χ1n) is 6.89. The summed E-state index contributed by atoms with van der Waals surface area (Å²) in [4.78, 5) is 4.20. The third kappa shape index (κ3) is 2.69. The minimum atomic E-state index is 0.988. The third-order valence-electron chi connectivity index (χ3n) is 3.55. The lowest BCUT2D eigenvalue weighted by atomic mass is 10.1. The molecule has 0 unspecified atom stereocenters. The number of fused-ring (bicyclic) bond motifs is 2. The van der Waals surface area contributed by atoms with Gasteiger partial charge in [-0.05, 0) is 49.6 Å². The van der Waals surface area contributed by atoms with Gasteiger partial charge in [-0.1, -0.05) is 24.3 Å². The van der Waals surface area contributed by atoms with Crippen molar-refractivity contribution in [2.24, 2.45) is 0 Å². The molecule has 2 aromatic carbocycles. The molecular formula is C18H17NOS. The molecule has 0 fully saturated rings. The van der Waals surface area contributed by atoms with Gasteiger partial charge in [0.05, 0.1) is 22.0 Å². The van der Waals surface area contributed by atoms with Gasteiger partial charge in [-0.2, -0.15) is 0 Å². The number of aromatic nitrogens is 1. The molecule has 0 aliphatic carbocycles. The number of aryl methyl sites for hydroxylation is 3. The summed E-state index contributed by atoms with van der Waals surface area (Å²) in [7, 11) is 0. The number of thiazole rings is 1. The van der Waals surface area contributed by atoms with Crippen molar-refractivity contribution in [3.63, 3.8) is 0 Å². The third-order valence-corrected chi connectivity index (χ3v) is 4.52. The maximum absolute atomic E-state index is 5.33. The molecule has 0 amide bonds. The summed E-state index contributed by atoms with van der Waals surface area (Å²) in [5.41, 5.74) is 7.82. The van der Waals surface area contributed by atoms with E-state index in [0.29, 0.717) is 0 Å².